The van der Waals surface area contributed by atoms with Gasteiger partial charge in [-0.3, -0.25) is 9.36 Å². The highest BCUT2D eigenvalue weighted by atomic mass is 16.2. The Kier molecular flexibility index (Phi) is 3.73. The molecule has 23 heavy (non-hydrogen) atoms. The molecule has 0 N–H and O–H groups in total. The maximum atomic E-state index is 12.8. The second kappa shape index (κ2) is 5.72. The predicted octanol–water partition coefficient (Wildman–Crippen LogP) is 1.86. The smallest absolute Gasteiger partial charge is 0.325 e. The quantitative estimate of drug-likeness (QED) is 0.691. The first-order chi connectivity index (χ1) is 11.1. The van der Waals surface area contributed by atoms with Crippen molar-refractivity contribution in [2.45, 2.75) is 26.9 Å². The largest absolute Gasteiger partial charge is 0.337 e. The molecule has 0 amide bonds. The van der Waals surface area contributed by atoms with Gasteiger partial charge in [0.15, 0.2) is 11.2 Å². The van der Waals surface area contributed by atoms with Crippen LogP contribution < -0.4 is 11.2 Å². The molecule has 2 heterocycles. The zero-order chi connectivity index (χ0) is 16.6. The highest BCUT2D eigenvalue weighted by molar-refractivity contribution is 5.72. The number of hydrogen-bond donors (Lipinski definition) is 0. The van der Waals surface area contributed by atoms with Gasteiger partial charge in [0.05, 0.1) is 12.0 Å². The van der Waals surface area contributed by atoms with Crippen molar-refractivity contribution in [1.29, 1.82) is 0 Å². The Balaban J connectivity index is 2.47. The van der Waals surface area contributed by atoms with Gasteiger partial charge >= 0.3 is 5.69 Å². The summed E-state index contributed by atoms with van der Waals surface area (Å²) in [5.74, 6) is 0. The lowest BCUT2D eigenvalue weighted by molar-refractivity contribution is 0.687. The molecule has 2 aromatic heterocycles. The van der Waals surface area contributed by atoms with E-state index in [0.29, 0.717) is 23.4 Å². The number of hydrogen-bond acceptors (Lipinski definition) is 3. The summed E-state index contributed by atoms with van der Waals surface area (Å²) in [5.41, 5.74) is 1.84. The summed E-state index contributed by atoms with van der Waals surface area (Å²) < 4.78 is 4.41. The zero-order valence-electron chi connectivity index (χ0n) is 13.2. The average Bonchev–Trinajstić information content (AvgIpc) is 2.97. The Labute approximate surface area is 132 Å². The highest BCUT2D eigenvalue weighted by Gasteiger charge is 2.17. The van der Waals surface area contributed by atoms with E-state index in [-0.39, 0.29) is 12.1 Å². The minimum atomic E-state index is -0.410. The van der Waals surface area contributed by atoms with Crippen LogP contribution in [0, 0.1) is 6.92 Å². The molecule has 0 aliphatic heterocycles. The molecule has 6 nitrogen and oxygen atoms in total. The number of allylic oxidation sites excluding steroid dienone is 1. The van der Waals surface area contributed by atoms with E-state index in [1.807, 2.05) is 38.1 Å². The first-order valence-electron chi connectivity index (χ1n) is 7.47. The number of imidazole rings is 1. The fraction of sp³-hybridized carbons (Fsp3) is 0.235. The second-order valence-corrected chi connectivity index (χ2v) is 5.36. The Morgan fingerprint density at radius 3 is 2.52 bits per heavy atom. The SMILES string of the molecule is C=CCn1c(=O)c2c(ncn2CC)n(-c2ccc(C)cc2)c1=O. The van der Waals surface area contributed by atoms with Crippen LogP contribution in [0.2, 0.25) is 0 Å². The molecule has 0 bridgehead atoms. The summed E-state index contributed by atoms with van der Waals surface area (Å²) in [6.45, 7) is 8.31. The van der Waals surface area contributed by atoms with E-state index >= 15 is 0 Å². The third kappa shape index (κ3) is 2.32. The highest BCUT2D eigenvalue weighted by Crippen LogP contribution is 2.13. The molecular weight excluding hydrogens is 292 g/mol. The molecule has 118 valence electrons. The maximum absolute atomic E-state index is 12.8. The van der Waals surface area contributed by atoms with E-state index in [2.05, 4.69) is 11.6 Å². The van der Waals surface area contributed by atoms with Gasteiger partial charge in [-0.15, -0.1) is 6.58 Å². The van der Waals surface area contributed by atoms with Crippen LogP contribution in [0.5, 0.6) is 0 Å². The van der Waals surface area contributed by atoms with Gasteiger partial charge in [0.25, 0.3) is 5.56 Å². The number of benzene rings is 1. The summed E-state index contributed by atoms with van der Waals surface area (Å²) in [5, 5.41) is 0. The Morgan fingerprint density at radius 1 is 1.22 bits per heavy atom. The maximum Gasteiger partial charge on any atom is 0.337 e. The molecule has 0 unspecified atom stereocenters. The van der Waals surface area contributed by atoms with E-state index in [4.69, 9.17) is 0 Å². The summed E-state index contributed by atoms with van der Waals surface area (Å²) in [6, 6.07) is 7.55. The Bertz CT molecular complexity index is 990. The van der Waals surface area contributed by atoms with Crippen molar-refractivity contribution >= 4 is 11.2 Å². The number of fused-ring (bicyclic) bond motifs is 1. The van der Waals surface area contributed by atoms with Gasteiger partial charge in [-0.25, -0.2) is 14.3 Å². The van der Waals surface area contributed by atoms with Crippen LogP contribution in [0.3, 0.4) is 0 Å². The lowest BCUT2D eigenvalue weighted by atomic mass is 10.2. The van der Waals surface area contributed by atoms with E-state index in [1.165, 1.54) is 9.13 Å². The van der Waals surface area contributed by atoms with Gasteiger partial charge in [0.1, 0.15) is 0 Å². The fourth-order valence-corrected chi connectivity index (χ4v) is 2.64. The van der Waals surface area contributed by atoms with E-state index in [0.717, 1.165) is 5.56 Å². The molecule has 3 aromatic rings. The van der Waals surface area contributed by atoms with Crippen molar-refractivity contribution in [3.63, 3.8) is 0 Å². The van der Waals surface area contributed by atoms with E-state index < -0.39 is 5.69 Å². The van der Waals surface area contributed by atoms with Crippen LogP contribution in [0.15, 0.2) is 52.8 Å². The standard InChI is InChI=1S/C17H18N4O2/c1-4-10-20-16(22)14-15(18-11-19(14)5-2)21(17(20)23)13-8-6-12(3)7-9-13/h4,6-9,11H,1,5,10H2,2-3H3. The second-order valence-electron chi connectivity index (χ2n) is 5.36. The lowest BCUT2D eigenvalue weighted by Crippen LogP contribution is -2.39. The summed E-state index contributed by atoms with van der Waals surface area (Å²) in [4.78, 5) is 29.8. The number of rotatable bonds is 4. The van der Waals surface area contributed by atoms with Gasteiger partial charge in [-0.05, 0) is 26.0 Å². The number of aryl methyl sites for hydroxylation is 2. The van der Waals surface area contributed by atoms with Crippen molar-refractivity contribution in [3.8, 4) is 5.69 Å². The van der Waals surface area contributed by atoms with Gasteiger partial charge in [0.2, 0.25) is 0 Å². The average molecular weight is 310 g/mol. The normalized spacial score (nSPS) is 11.0. The third-order valence-electron chi connectivity index (χ3n) is 3.84. The van der Waals surface area contributed by atoms with Crippen LogP contribution in [-0.4, -0.2) is 18.7 Å². The molecule has 0 saturated carbocycles. The molecule has 3 rings (SSSR count). The van der Waals surface area contributed by atoms with Crippen molar-refractivity contribution in [1.82, 2.24) is 18.7 Å². The third-order valence-corrected chi connectivity index (χ3v) is 3.84. The van der Waals surface area contributed by atoms with Crippen molar-refractivity contribution in [2.75, 3.05) is 0 Å². The minimum absolute atomic E-state index is 0.161. The van der Waals surface area contributed by atoms with Gasteiger partial charge in [-0.1, -0.05) is 23.8 Å². The van der Waals surface area contributed by atoms with Crippen molar-refractivity contribution in [3.05, 3.63) is 69.6 Å². The molecule has 0 aliphatic carbocycles. The lowest BCUT2D eigenvalue weighted by Gasteiger charge is -2.11. The van der Waals surface area contributed by atoms with E-state index in [1.54, 1.807) is 17.0 Å². The first kappa shape index (κ1) is 15.0. The van der Waals surface area contributed by atoms with Crippen molar-refractivity contribution in [2.24, 2.45) is 0 Å². The molecular formula is C17H18N4O2. The predicted molar refractivity (Wildman–Crippen MR) is 90.2 cm³/mol. The molecule has 0 saturated heterocycles. The molecule has 0 aliphatic rings. The fourth-order valence-electron chi connectivity index (χ4n) is 2.64. The molecule has 0 radical (unpaired) electrons. The number of nitrogens with zero attached hydrogens (tertiary/aromatic N) is 4. The van der Waals surface area contributed by atoms with Crippen LogP contribution in [0.1, 0.15) is 12.5 Å². The van der Waals surface area contributed by atoms with Crippen LogP contribution in [-0.2, 0) is 13.1 Å². The Morgan fingerprint density at radius 2 is 1.91 bits per heavy atom. The zero-order valence-corrected chi connectivity index (χ0v) is 13.2. The topological polar surface area (TPSA) is 61.8 Å². The van der Waals surface area contributed by atoms with E-state index in [9.17, 15) is 9.59 Å². The Hall–Kier alpha value is -2.89. The monoisotopic (exact) mass is 310 g/mol. The van der Waals surface area contributed by atoms with Crippen LogP contribution in [0.25, 0.3) is 16.9 Å². The molecule has 6 heteroatoms. The summed E-state index contributed by atoms with van der Waals surface area (Å²) >= 11 is 0. The van der Waals surface area contributed by atoms with Gasteiger partial charge < -0.3 is 4.57 Å². The first-order valence-corrected chi connectivity index (χ1v) is 7.47. The van der Waals surface area contributed by atoms with Gasteiger partial charge in [0, 0.05) is 13.1 Å². The van der Waals surface area contributed by atoms with Gasteiger partial charge in [-0.2, -0.15) is 0 Å². The molecule has 0 atom stereocenters. The molecule has 1 aromatic carbocycles. The molecule has 0 spiro atoms. The summed E-state index contributed by atoms with van der Waals surface area (Å²) in [6.07, 6.45) is 3.13. The van der Waals surface area contributed by atoms with Crippen molar-refractivity contribution < 1.29 is 0 Å². The minimum Gasteiger partial charge on any atom is -0.325 e. The number of aromatic nitrogens is 4. The van der Waals surface area contributed by atoms with Crippen LogP contribution in [0.4, 0.5) is 0 Å². The molecule has 0 fully saturated rings. The summed E-state index contributed by atoms with van der Waals surface area (Å²) in [7, 11) is 0. The van der Waals surface area contributed by atoms with Crippen LogP contribution >= 0.6 is 0 Å².